The van der Waals surface area contributed by atoms with Gasteiger partial charge in [-0.15, -0.1) is 0 Å². The summed E-state index contributed by atoms with van der Waals surface area (Å²) in [5, 5.41) is 21.5. The average molecular weight is 250 g/mol. The lowest BCUT2D eigenvalue weighted by molar-refractivity contribution is -0.393. The van der Waals surface area contributed by atoms with Gasteiger partial charge in [0.1, 0.15) is 5.82 Å². The topological polar surface area (TPSA) is 164 Å². The summed E-state index contributed by atoms with van der Waals surface area (Å²) < 4.78 is 0. The van der Waals surface area contributed by atoms with Gasteiger partial charge in [0.15, 0.2) is 5.52 Å². The molecule has 0 amide bonds. The first-order valence-corrected chi connectivity index (χ1v) is 4.55. The van der Waals surface area contributed by atoms with E-state index in [-0.39, 0.29) is 22.7 Å². The monoisotopic (exact) mass is 250 g/mol. The average Bonchev–Trinajstić information content (AvgIpc) is 2.27. The van der Waals surface area contributed by atoms with Gasteiger partial charge in [0.05, 0.1) is 21.3 Å². The van der Waals surface area contributed by atoms with Crippen molar-refractivity contribution >= 4 is 34.0 Å². The smallest absolute Gasteiger partial charge is 0.302 e. The second-order valence-corrected chi connectivity index (χ2v) is 3.34. The summed E-state index contributed by atoms with van der Waals surface area (Å²) in [4.78, 5) is 27.3. The van der Waals surface area contributed by atoms with E-state index in [0.29, 0.717) is 0 Å². The van der Waals surface area contributed by atoms with Gasteiger partial charge >= 0.3 is 5.69 Å². The molecule has 0 saturated carbocycles. The number of non-ortho nitro benzene ring substituents is 2. The zero-order valence-electron chi connectivity index (χ0n) is 8.73. The van der Waals surface area contributed by atoms with Crippen molar-refractivity contribution in [3.63, 3.8) is 0 Å². The van der Waals surface area contributed by atoms with Crippen molar-refractivity contribution in [1.82, 2.24) is 9.97 Å². The highest BCUT2D eigenvalue weighted by molar-refractivity contribution is 5.96. The van der Waals surface area contributed by atoms with Crippen LogP contribution in [0.3, 0.4) is 0 Å². The van der Waals surface area contributed by atoms with E-state index in [4.69, 9.17) is 11.5 Å². The number of rotatable bonds is 2. The molecule has 0 radical (unpaired) electrons. The molecule has 1 aromatic carbocycles. The number of nitro benzene ring substituents is 2. The van der Waals surface area contributed by atoms with Crippen LogP contribution in [-0.2, 0) is 0 Å². The molecule has 0 aliphatic carbocycles. The number of nitrogens with two attached hydrogens (primary N) is 2. The maximum Gasteiger partial charge on any atom is 0.302 e. The maximum atomic E-state index is 10.9. The zero-order valence-corrected chi connectivity index (χ0v) is 8.73. The SMILES string of the molecule is Nc1nc(N)c2cc([N+](=O)[O-])cc([N+](=O)[O-])c2n1. The van der Waals surface area contributed by atoms with Gasteiger partial charge in [-0.1, -0.05) is 0 Å². The summed E-state index contributed by atoms with van der Waals surface area (Å²) >= 11 is 0. The van der Waals surface area contributed by atoms with Gasteiger partial charge in [-0.25, -0.2) is 4.98 Å². The van der Waals surface area contributed by atoms with Crippen LogP contribution in [0.1, 0.15) is 0 Å². The number of hydrogen-bond acceptors (Lipinski definition) is 8. The van der Waals surface area contributed by atoms with Crippen molar-refractivity contribution in [3.05, 3.63) is 32.4 Å². The third kappa shape index (κ3) is 1.71. The Labute approximate surface area is 98.5 Å². The minimum Gasteiger partial charge on any atom is -0.383 e. The minimum atomic E-state index is -0.790. The molecule has 0 unspecified atom stereocenters. The van der Waals surface area contributed by atoms with Crippen LogP contribution in [0, 0.1) is 20.2 Å². The standard InChI is InChI=1S/C8H6N6O4/c9-7-4-1-3(13(15)16)2-5(14(17)18)6(4)11-8(10)12-7/h1-2H,(H4,9,10,11,12). The fourth-order valence-electron chi connectivity index (χ4n) is 1.48. The Morgan fingerprint density at radius 2 is 1.72 bits per heavy atom. The highest BCUT2D eigenvalue weighted by Gasteiger charge is 2.22. The van der Waals surface area contributed by atoms with Crippen molar-refractivity contribution in [1.29, 1.82) is 0 Å². The van der Waals surface area contributed by atoms with Crippen molar-refractivity contribution < 1.29 is 9.85 Å². The van der Waals surface area contributed by atoms with Crippen LogP contribution in [0.2, 0.25) is 0 Å². The summed E-state index contributed by atoms with van der Waals surface area (Å²) in [6.07, 6.45) is 0. The molecule has 0 fully saturated rings. The molecule has 0 spiro atoms. The van der Waals surface area contributed by atoms with Gasteiger partial charge < -0.3 is 11.5 Å². The normalized spacial score (nSPS) is 10.4. The molecule has 10 nitrogen and oxygen atoms in total. The molecule has 18 heavy (non-hydrogen) atoms. The van der Waals surface area contributed by atoms with Crippen LogP contribution in [0.5, 0.6) is 0 Å². The lowest BCUT2D eigenvalue weighted by Crippen LogP contribution is -2.03. The highest BCUT2D eigenvalue weighted by Crippen LogP contribution is 2.32. The summed E-state index contributed by atoms with van der Waals surface area (Å²) in [7, 11) is 0. The number of fused-ring (bicyclic) bond motifs is 1. The van der Waals surface area contributed by atoms with E-state index < -0.39 is 21.2 Å². The Morgan fingerprint density at radius 3 is 2.28 bits per heavy atom. The zero-order chi connectivity index (χ0) is 13.4. The molecule has 10 heteroatoms. The van der Waals surface area contributed by atoms with Gasteiger partial charge in [-0.3, -0.25) is 20.2 Å². The van der Waals surface area contributed by atoms with Gasteiger partial charge in [-0.2, -0.15) is 4.98 Å². The Morgan fingerprint density at radius 1 is 1.06 bits per heavy atom. The minimum absolute atomic E-state index is 0.0186. The van der Waals surface area contributed by atoms with E-state index in [2.05, 4.69) is 9.97 Å². The van der Waals surface area contributed by atoms with Gasteiger partial charge in [0, 0.05) is 6.07 Å². The molecule has 2 rings (SSSR count). The van der Waals surface area contributed by atoms with Crippen LogP contribution in [0.25, 0.3) is 10.9 Å². The maximum absolute atomic E-state index is 10.9. The van der Waals surface area contributed by atoms with E-state index in [1.165, 1.54) is 0 Å². The molecule has 4 N–H and O–H groups in total. The third-order valence-electron chi connectivity index (χ3n) is 2.22. The quantitative estimate of drug-likeness (QED) is 0.577. The van der Waals surface area contributed by atoms with Crippen LogP contribution in [0.4, 0.5) is 23.1 Å². The Hall–Kier alpha value is -3.04. The van der Waals surface area contributed by atoms with E-state index in [0.717, 1.165) is 12.1 Å². The molecule has 0 saturated heterocycles. The number of hydrogen-bond donors (Lipinski definition) is 2. The first-order valence-electron chi connectivity index (χ1n) is 4.55. The van der Waals surface area contributed by atoms with Crippen LogP contribution in [-0.4, -0.2) is 19.8 Å². The second kappa shape index (κ2) is 3.76. The van der Waals surface area contributed by atoms with Gasteiger partial charge in [0.25, 0.3) is 5.69 Å². The molecule has 0 bridgehead atoms. The first kappa shape index (κ1) is 11.4. The Bertz CT molecular complexity index is 685. The third-order valence-corrected chi connectivity index (χ3v) is 2.22. The Balaban J connectivity index is 2.94. The number of aromatic nitrogens is 2. The predicted molar refractivity (Wildman–Crippen MR) is 61.7 cm³/mol. The number of anilines is 2. The van der Waals surface area contributed by atoms with Crippen molar-refractivity contribution in [2.45, 2.75) is 0 Å². The number of nitrogens with zero attached hydrogens (tertiary/aromatic N) is 4. The van der Waals surface area contributed by atoms with E-state index in [1.54, 1.807) is 0 Å². The van der Waals surface area contributed by atoms with E-state index in [9.17, 15) is 20.2 Å². The molecule has 0 atom stereocenters. The van der Waals surface area contributed by atoms with Crippen molar-refractivity contribution in [2.75, 3.05) is 11.5 Å². The lowest BCUT2D eigenvalue weighted by Gasteiger charge is -2.03. The summed E-state index contributed by atoms with van der Waals surface area (Å²) in [6.45, 7) is 0. The molecular weight excluding hydrogens is 244 g/mol. The van der Waals surface area contributed by atoms with Crippen LogP contribution < -0.4 is 11.5 Å². The fourth-order valence-corrected chi connectivity index (χ4v) is 1.48. The fraction of sp³-hybridized carbons (Fsp3) is 0. The van der Waals surface area contributed by atoms with Crippen LogP contribution in [0.15, 0.2) is 12.1 Å². The summed E-state index contributed by atoms with van der Waals surface area (Å²) in [5.41, 5.74) is 9.72. The molecule has 0 aliphatic heterocycles. The second-order valence-electron chi connectivity index (χ2n) is 3.34. The molecule has 1 heterocycles. The van der Waals surface area contributed by atoms with Crippen molar-refractivity contribution in [3.8, 4) is 0 Å². The summed E-state index contributed by atoms with van der Waals surface area (Å²) in [5.74, 6) is -0.388. The first-order chi connectivity index (χ1) is 8.40. The number of nitro groups is 2. The number of nitrogen functional groups attached to an aromatic ring is 2. The number of benzene rings is 1. The summed E-state index contributed by atoms with van der Waals surface area (Å²) in [6, 6.07) is 1.87. The van der Waals surface area contributed by atoms with Crippen LogP contribution >= 0.6 is 0 Å². The van der Waals surface area contributed by atoms with E-state index in [1.807, 2.05) is 0 Å². The van der Waals surface area contributed by atoms with Gasteiger partial charge in [0.2, 0.25) is 5.95 Å². The largest absolute Gasteiger partial charge is 0.383 e. The molecular formula is C8H6N6O4. The van der Waals surface area contributed by atoms with E-state index >= 15 is 0 Å². The highest BCUT2D eigenvalue weighted by atomic mass is 16.6. The molecule has 2 aromatic rings. The molecule has 1 aromatic heterocycles. The molecule has 0 aliphatic rings. The van der Waals surface area contributed by atoms with Gasteiger partial charge in [-0.05, 0) is 0 Å². The lowest BCUT2D eigenvalue weighted by atomic mass is 10.2. The Kier molecular flexibility index (Phi) is 2.39. The predicted octanol–water partition coefficient (Wildman–Crippen LogP) is 0.611. The van der Waals surface area contributed by atoms with Crippen molar-refractivity contribution in [2.24, 2.45) is 0 Å². The molecule has 92 valence electrons.